The first-order valence-corrected chi connectivity index (χ1v) is 5.89. The molecule has 1 heterocycles. The molecule has 0 aromatic heterocycles. The minimum absolute atomic E-state index is 0.605. The van der Waals surface area contributed by atoms with Gasteiger partial charge in [0.05, 0.1) is 23.0 Å². The maximum Gasteiger partial charge on any atom is 0.0992 e. The molecule has 0 amide bonds. The number of anilines is 2. The number of fused-ring (bicyclic) bond motifs is 1. The van der Waals surface area contributed by atoms with Gasteiger partial charge in [0.15, 0.2) is 0 Å². The summed E-state index contributed by atoms with van der Waals surface area (Å²) in [4.78, 5) is 2.24. The van der Waals surface area contributed by atoms with E-state index in [4.69, 9.17) is 11.0 Å². The number of benzene rings is 2. The second kappa shape index (κ2) is 4.08. The smallest absolute Gasteiger partial charge is 0.0992 e. The van der Waals surface area contributed by atoms with Crippen LogP contribution in [0.2, 0.25) is 0 Å². The maximum absolute atomic E-state index is 8.84. The minimum atomic E-state index is 0.605. The van der Waals surface area contributed by atoms with Crippen molar-refractivity contribution in [1.82, 2.24) is 0 Å². The molecule has 1 aliphatic rings. The van der Waals surface area contributed by atoms with E-state index in [1.54, 1.807) is 6.07 Å². The van der Waals surface area contributed by atoms with Crippen LogP contribution in [0.4, 0.5) is 11.4 Å². The average Bonchev–Trinajstić information content (AvgIpc) is 2.81. The normalized spacial score (nSPS) is 13.2. The molecule has 0 aliphatic carbocycles. The van der Waals surface area contributed by atoms with E-state index in [0.717, 1.165) is 18.8 Å². The molecule has 2 aromatic rings. The van der Waals surface area contributed by atoms with Gasteiger partial charge in [-0.05, 0) is 29.3 Å². The van der Waals surface area contributed by atoms with Crippen LogP contribution in [0.25, 0.3) is 0 Å². The average molecular weight is 235 g/mol. The van der Waals surface area contributed by atoms with Crippen LogP contribution in [0.1, 0.15) is 16.7 Å². The van der Waals surface area contributed by atoms with Gasteiger partial charge in [0.25, 0.3) is 0 Å². The fraction of sp³-hybridized carbons (Fsp3) is 0.133. The van der Waals surface area contributed by atoms with Crippen LogP contribution < -0.4 is 10.6 Å². The molecule has 0 bridgehead atoms. The van der Waals surface area contributed by atoms with Crippen LogP contribution in [0, 0.1) is 11.3 Å². The molecule has 0 unspecified atom stereocenters. The monoisotopic (exact) mass is 235 g/mol. The lowest BCUT2D eigenvalue weighted by Gasteiger charge is -2.19. The molecular formula is C15H13N3. The molecule has 88 valence electrons. The first-order chi connectivity index (χ1) is 8.78. The molecule has 0 fully saturated rings. The third-order valence-electron chi connectivity index (χ3n) is 3.34. The zero-order valence-electron chi connectivity index (χ0n) is 9.93. The van der Waals surface area contributed by atoms with Crippen molar-refractivity contribution in [2.75, 3.05) is 10.6 Å². The Kier molecular flexibility index (Phi) is 2.42. The quantitative estimate of drug-likeness (QED) is 0.773. The highest BCUT2D eigenvalue weighted by atomic mass is 15.2. The Balaban J connectivity index is 1.93. The van der Waals surface area contributed by atoms with Gasteiger partial charge in [0.2, 0.25) is 0 Å². The van der Waals surface area contributed by atoms with E-state index >= 15 is 0 Å². The number of nitrogen functional groups attached to an aromatic ring is 1. The molecule has 0 saturated heterocycles. The SMILES string of the molecule is N#Cc1ccc(N2Cc3ccccc3C2)c(N)c1. The number of hydrogen-bond donors (Lipinski definition) is 1. The predicted octanol–water partition coefficient (Wildman–Crippen LogP) is 2.66. The summed E-state index contributed by atoms with van der Waals surface area (Å²) in [5.41, 5.74) is 11.0. The second-order valence-corrected chi connectivity index (χ2v) is 4.51. The molecule has 0 atom stereocenters. The van der Waals surface area contributed by atoms with Crippen LogP contribution in [0.15, 0.2) is 42.5 Å². The summed E-state index contributed by atoms with van der Waals surface area (Å²) in [5.74, 6) is 0. The van der Waals surface area contributed by atoms with Crippen molar-refractivity contribution >= 4 is 11.4 Å². The van der Waals surface area contributed by atoms with E-state index in [1.807, 2.05) is 12.1 Å². The molecule has 2 aromatic carbocycles. The molecule has 0 radical (unpaired) electrons. The van der Waals surface area contributed by atoms with E-state index in [-0.39, 0.29) is 0 Å². The number of hydrogen-bond acceptors (Lipinski definition) is 3. The second-order valence-electron chi connectivity index (χ2n) is 4.51. The first kappa shape index (κ1) is 10.7. The fourth-order valence-corrected chi connectivity index (χ4v) is 2.42. The van der Waals surface area contributed by atoms with Gasteiger partial charge in [-0.25, -0.2) is 0 Å². The summed E-state index contributed by atoms with van der Waals surface area (Å²) in [7, 11) is 0. The van der Waals surface area contributed by atoms with E-state index < -0.39 is 0 Å². The number of nitrogens with zero attached hydrogens (tertiary/aromatic N) is 2. The number of rotatable bonds is 1. The van der Waals surface area contributed by atoms with E-state index in [1.165, 1.54) is 11.1 Å². The van der Waals surface area contributed by atoms with Gasteiger partial charge in [-0.3, -0.25) is 0 Å². The Labute approximate surface area is 106 Å². The van der Waals surface area contributed by atoms with Gasteiger partial charge in [0, 0.05) is 13.1 Å². The van der Waals surface area contributed by atoms with Gasteiger partial charge in [-0.15, -0.1) is 0 Å². The molecule has 2 N–H and O–H groups in total. The summed E-state index contributed by atoms with van der Waals surface area (Å²) in [5, 5.41) is 8.84. The van der Waals surface area contributed by atoms with Crippen molar-refractivity contribution in [3.8, 4) is 6.07 Å². The van der Waals surface area contributed by atoms with Gasteiger partial charge in [0.1, 0.15) is 0 Å². The summed E-state index contributed by atoms with van der Waals surface area (Å²) in [6, 6.07) is 16.0. The summed E-state index contributed by atoms with van der Waals surface area (Å²) in [6.07, 6.45) is 0. The van der Waals surface area contributed by atoms with Crippen LogP contribution in [0.5, 0.6) is 0 Å². The molecule has 18 heavy (non-hydrogen) atoms. The summed E-state index contributed by atoms with van der Waals surface area (Å²) >= 11 is 0. The van der Waals surface area contributed by atoms with Gasteiger partial charge < -0.3 is 10.6 Å². The van der Waals surface area contributed by atoms with Crippen LogP contribution in [0.3, 0.4) is 0 Å². The lowest BCUT2D eigenvalue weighted by atomic mass is 10.1. The van der Waals surface area contributed by atoms with Crippen molar-refractivity contribution in [1.29, 1.82) is 5.26 Å². The van der Waals surface area contributed by atoms with E-state index in [9.17, 15) is 0 Å². The maximum atomic E-state index is 8.84. The highest BCUT2D eigenvalue weighted by molar-refractivity contribution is 5.70. The zero-order chi connectivity index (χ0) is 12.5. The largest absolute Gasteiger partial charge is 0.397 e. The summed E-state index contributed by atoms with van der Waals surface area (Å²) in [6.45, 7) is 1.76. The highest BCUT2D eigenvalue weighted by Crippen LogP contribution is 2.32. The Bertz CT molecular complexity index is 615. The minimum Gasteiger partial charge on any atom is -0.397 e. The number of nitriles is 1. The van der Waals surface area contributed by atoms with Crippen molar-refractivity contribution in [2.45, 2.75) is 13.1 Å². The van der Waals surface area contributed by atoms with Crippen molar-refractivity contribution in [2.24, 2.45) is 0 Å². The Morgan fingerprint density at radius 3 is 2.28 bits per heavy atom. The lowest BCUT2D eigenvalue weighted by Crippen LogP contribution is -2.16. The topological polar surface area (TPSA) is 53.0 Å². The molecule has 3 heteroatoms. The molecule has 3 nitrogen and oxygen atoms in total. The standard InChI is InChI=1S/C15H13N3/c16-8-11-5-6-15(14(17)7-11)18-9-12-3-1-2-4-13(12)10-18/h1-7H,9-10,17H2. The van der Waals surface area contributed by atoms with E-state index in [2.05, 4.69) is 35.2 Å². The van der Waals surface area contributed by atoms with Crippen molar-refractivity contribution in [3.05, 3.63) is 59.2 Å². The van der Waals surface area contributed by atoms with Crippen molar-refractivity contribution < 1.29 is 0 Å². The molecule has 1 aliphatic heterocycles. The van der Waals surface area contributed by atoms with Gasteiger partial charge in [-0.2, -0.15) is 5.26 Å². The fourth-order valence-electron chi connectivity index (χ4n) is 2.42. The third-order valence-corrected chi connectivity index (χ3v) is 3.34. The molecule has 0 spiro atoms. The first-order valence-electron chi connectivity index (χ1n) is 5.89. The molecule has 0 saturated carbocycles. The van der Waals surface area contributed by atoms with Crippen molar-refractivity contribution in [3.63, 3.8) is 0 Å². The number of nitrogens with two attached hydrogens (primary N) is 1. The Hall–Kier alpha value is -2.47. The summed E-state index contributed by atoms with van der Waals surface area (Å²) < 4.78 is 0. The Morgan fingerprint density at radius 2 is 1.72 bits per heavy atom. The van der Waals surface area contributed by atoms with Crippen LogP contribution >= 0.6 is 0 Å². The van der Waals surface area contributed by atoms with Crippen LogP contribution in [-0.4, -0.2) is 0 Å². The molecular weight excluding hydrogens is 222 g/mol. The van der Waals surface area contributed by atoms with Gasteiger partial charge in [-0.1, -0.05) is 24.3 Å². The highest BCUT2D eigenvalue weighted by Gasteiger charge is 2.20. The van der Waals surface area contributed by atoms with Crippen LogP contribution in [-0.2, 0) is 13.1 Å². The molecule has 3 rings (SSSR count). The Morgan fingerprint density at radius 1 is 1.06 bits per heavy atom. The van der Waals surface area contributed by atoms with Gasteiger partial charge >= 0.3 is 0 Å². The zero-order valence-corrected chi connectivity index (χ0v) is 9.93. The third kappa shape index (κ3) is 1.68. The lowest BCUT2D eigenvalue weighted by molar-refractivity contribution is 0.882. The van der Waals surface area contributed by atoms with E-state index in [0.29, 0.717) is 11.3 Å². The predicted molar refractivity (Wildman–Crippen MR) is 71.9 cm³/mol.